The second-order valence-electron chi connectivity index (χ2n) is 4.33. The largest absolute Gasteiger partial charge is 0.352 e. The molecule has 1 amide bonds. The molecule has 0 aromatic carbocycles. The van der Waals surface area contributed by atoms with Gasteiger partial charge in [0, 0.05) is 32.1 Å². The molecule has 0 radical (unpaired) electrons. The summed E-state index contributed by atoms with van der Waals surface area (Å²) in [5.41, 5.74) is 0. The Morgan fingerprint density at radius 3 is 2.46 bits per heavy atom. The van der Waals surface area contributed by atoms with Gasteiger partial charge in [-0.15, -0.1) is 0 Å². The van der Waals surface area contributed by atoms with E-state index in [9.17, 15) is 4.79 Å². The minimum atomic E-state index is 0.0856. The number of carbonyl (C=O) groups excluding carboxylic acids is 1. The molecule has 0 aliphatic carbocycles. The maximum atomic E-state index is 10.9. The van der Waals surface area contributed by atoms with E-state index in [2.05, 4.69) is 31.0 Å². The average molecular weight is 184 g/mol. The van der Waals surface area contributed by atoms with Crippen LogP contribution in [-0.4, -0.2) is 36.0 Å². The number of amides is 1. The smallest absolute Gasteiger partial charge is 0.217 e. The zero-order chi connectivity index (χ0) is 10.0. The van der Waals surface area contributed by atoms with Crippen LogP contribution in [0.4, 0.5) is 0 Å². The van der Waals surface area contributed by atoms with Gasteiger partial charge in [0.15, 0.2) is 0 Å². The third-order valence-corrected chi connectivity index (χ3v) is 2.76. The monoisotopic (exact) mass is 184 g/mol. The van der Waals surface area contributed by atoms with Crippen molar-refractivity contribution in [2.75, 3.05) is 13.1 Å². The number of hydrogen-bond donors (Lipinski definition) is 1. The lowest BCUT2D eigenvalue weighted by Gasteiger charge is -2.20. The summed E-state index contributed by atoms with van der Waals surface area (Å²) in [6.07, 6.45) is 0. The fraction of sp³-hybridized carbons (Fsp3) is 0.900. The SMILES string of the molecule is CC(=O)N[C@H]1CN(C(C)C)CC1C. The Balaban J connectivity index is 2.46. The van der Waals surface area contributed by atoms with Crippen LogP contribution in [0.1, 0.15) is 27.7 Å². The molecule has 0 spiro atoms. The Bertz CT molecular complexity index is 191. The van der Waals surface area contributed by atoms with E-state index in [-0.39, 0.29) is 5.91 Å². The first-order valence-electron chi connectivity index (χ1n) is 5.02. The number of hydrogen-bond acceptors (Lipinski definition) is 2. The van der Waals surface area contributed by atoms with Crippen LogP contribution in [0.2, 0.25) is 0 Å². The molecular weight excluding hydrogens is 164 g/mol. The molecule has 13 heavy (non-hydrogen) atoms. The molecule has 0 bridgehead atoms. The molecule has 0 saturated carbocycles. The maximum absolute atomic E-state index is 10.9. The normalized spacial score (nSPS) is 29.6. The summed E-state index contributed by atoms with van der Waals surface area (Å²) in [7, 11) is 0. The van der Waals surface area contributed by atoms with E-state index in [1.54, 1.807) is 6.92 Å². The second-order valence-corrected chi connectivity index (χ2v) is 4.33. The van der Waals surface area contributed by atoms with Crippen LogP contribution in [0.25, 0.3) is 0 Å². The Kier molecular flexibility index (Phi) is 3.31. The van der Waals surface area contributed by atoms with Gasteiger partial charge in [0.1, 0.15) is 0 Å². The van der Waals surface area contributed by atoms with E-state index in [1.165, 1.54) is 0 Å². The standard InChI is InChI=1S/C10H20N2O/c1-7(2)12-5-8(3)10(6-12)11-9(4)13/h7-8,10H,5-6H2,1-4H3,(H,11,13)/t8?,10-/m0/s1. The number of rotatable bonds is 2. The average Bonchev–Trinajstić information content (AvgIpc) is 2.31. The van der Waals surface area contributed by atoms with Crippen molar-refractivity contribution in [3.8, 4) is 0 Å². The van der Waals surface area contributed by atoms with Crippen LogP contribution < -0.4 is 5.32 Å². The fourth-order valence-electron chi connectivity index (χ4n) is 1.87. The minimum absolute atomic E-state index is 0.0856. The first kappa shape index (κ1) is 10.5. The first-order valence-corrected chi connectivity index (χ1v) is 5.02. The highest BCUT2D eigenvalue weighted by Gasteiger charge is 2.30. The molecule has 1 heterocycles. The van der Waals surface area contributed by atoms with Gasteiger partial charge in [-0.3, -0.25) is 9.69 Å². The molecule has 1 aliphatic heterocycles. The van der Waals surface area contributed by atoms with Gasteiger partial charge in [-0.25, -0.2) is 0 Å². The lowest BCUT2D eigenvalue weighted by atomic mass is 10.1. The third kappa shape index (κ3) is 2.69. The van der Waals surface area contributed by atoms with Crippen molar-refractivity contribution in [3.63, 3.8) is 0 Å². The predicted octanol–water partition coefficient (Wildman–Crippen LogP) is 0.851. The van der Waals surface area contributed by atoms with Gasteiger partial charge in [-0.1, -0.05) is 6.92 Å². The molecule has 1 aliphatic rings. The van der Waals surface area contributed by atoms with Crippen LogP contribution in [0.3, 0.4) is 0 Å². The van der Waals surface area contributed by atoms with Crippen molar-refractivity contribution >= 4 is 5.91 Å². The van der Waals surface area contributed by atoms with E-state index < -0.39 is 0 Å². The van der Waals surface area contributed by atoms with Crippen molar-refractivity contribution < 1.29 is 4.79 Å². The summed E-state index contributed by atoms with van der Waals surface area (Å²) >= 11 is 0. The van der Waals surface area contributed by atoms with Gasteiger partial charge in [0.25, 0.3) is 0 Å². The highest BCUT2D eigenvalue weighted by Crippen LogP contribution is 2.18. The topological polar surface area (TPSA) is 32.3 Å². The summed E-state index contributed by atoms with van der Waals surface area (Å²) in [6, 6.07) is 0.932. The molecule has 3 heteroatoms. The maximum Gasteiger partial charge on any atom is 0.217 e. The van der Waals surface area contributed by atoms with Gasteiger partial charge < -0.3 is 5.32 Å². The van der Waals surface area contributed by atoms with Crippen LogP contribution in [0.5, 0.6) is 0 Å². The number of nitrogens with one attached hydrogen (secondary N) is 1. The molecular formula is C10H20N2O. The molecule has 1 fully saturated rings. The van der Waals surface area contributed by atoms with Crippen molar-refractivity contribution in [2.24, 2.45) is 5.92 Å². The fourth-order valence-corrected chi connectivity index (χ4v) is 1.87. The minimum Gasteiger partial charge on any atom is -0.352 e. The molecule has 1 N–H and O–H groups in total. The second kappa shape index (κ2) is 4.09. The Morgan fingerprint density at radius 1 is 1.46 bits per heavy atom. The molecule has 0 aromatic heterocycles. The molecule has 1 unspecified atom stereocenters. The van der Waals surface area contributed by atoms with E-state index in [1.807, 2.05) is 0 Å². The molecule has 76 valence electrons. The predicted molar refractivity (Wildman–Crippen MR) is 53.5 cm³/mol. The Morgan fingerprint density at radius 2 is 2.08 bits per heavy atom. The number of likely N-dealkylation sites (tertiary alicyclic amines) is 1. The zero-order valence-corrected chi connectivity index (χ0v) is 9.00. The van der Waals surface area contributed by atoms with Gasteiger partial charge in [-0.05, 0) is 19.8 Å². The number of nitrogens with zero attached hydrogens (tertiary/aromatic N) is 1. The summed E-state index contributed by atoms with van der Waals surface area (Å²) < 4.78 is 0. The molecule has 2 atom stereocenters. The summed E-state index contributed by atoms with van der Waals surface area (Å²) in [4.78, 5) is 13.3. The van der Waals surface area contributed by atoms with E-state index in [0.717, 1.165) is 13.1 Å². The Labute approximate surface area is 80.5 Å². The highest BCUT2D eigenvalue weighted by atomic mass is 16.1. The van der Waals surface area contributed by atoms with Crippen LogP contribution in [-0.2, 0) is 4.79 Å². The van der Waals surface area contributed by atoms with Gasteiger partial charge >= 0.3 is 0 Å². The first-order chi connectivity index (χ1) is 6.00. The van der Waals surface area contributed by atoms with Crippen LogP contribution in [0, 0.1) is 5.92 Å². The quantitative estimate of drug-likeness (QED) is 0.690. The van der Waals surface area contributed by atoms with Gasteiger partial charge in [-0.2, -0.15) is 0 Å². The highest BCUT2D eigenvalue weighted by molar-refractivity contribution is 5.73. The zero-order valence-electron chi connectivity index (χ0n) is 9.00. The third-order valence-electron chi connectivity index (χ3n) is 2.76. The van der Waals surface area contributed by atoms with Gasteiger partial charge in [0.05, 0.1) is 0 Å². The van der Waals surface area contributed by atoms with E-state index in [4.69, 9.17) is 0 Å². The summed E-state index contributed by atoms with van der Waals surface area (Å²) in [5.74, 6) is 0.661. The van der Waals surface area contributed by atoms with Crippen LogP contribution in [0.15, 0.2) is 0 Å². The van der Waals surface area contributed by atoms with Crippen LogP contribution >= 0.6 is 0 Å². The number of carbonyl (C=O) groups is 1. The summed E-state index contributed by atoms with van der Waals surface area (Å²) in [6.45, 7) is 10.3. The lowest BCUT2D eigenvalue weighted by molar-refractivity contribution is -0.119. The molecule has 1 saturated heterocycles. The van der Waals surface area contributed by atoms with E-state index >= 15 is 0 Å². The molecule has 3 nitrogen and oxygen atoms in total. The van der Waals surface area contributed by atoms with E-state index in [0.29, 0.717) is 18.0 Å². The molecule has 0 aromatic rings. The van der Waals surface area contributed by atoms with Crippen molar-refractivity contribution in [3.05, 3.63) is 0 Å². The van der Waals surface area contributed by atoms with Gasteiger partial charge in [0.2, 0.25) is 5.91 Å². The van der Waals surface area contributed by atoms with Crippen molar-refractivity contribution in [2.45, 2.75) is 39.8 Å². The van der Waals surface area contributed by atoms with Crippen molar-refractivity contribution in [1.29, 1.82) is 0 Å². The molecule has 1 rings (SSSR count). The Hall–Kier alpha value is -0.570. The van der Waals surface area contributed by atoms with Crippen molar-refractivity contribution in [1.82, 2.24) is 10.2 Å². The summed E-state index contributed by atoms with van der Waals surface area (Å²) in [5, 5.41) is 3.00. The lowest BCUT2D eigenvalue weighted by Crippen LogP contribution is -2.39.